The fourth-order valence-electron chi connectivity index (χ4n) is 2.95. The second kappa shape index (κ2) is 7.78. The maximum Gasteiger partial charge on any atom is 0.251 e. The van der Waals surface area contributed by atoms with Crippen LogP contribution in [-0.4, -0.2) is 33.7 Å². The van der Waals surface area contributed by atoms with Gasteiger partial charge in [-0.1, -0.05) is 18.2 Å². The number of sulfonamides is 1. The number of nitrogens with one attached hydrogen (secondary N) is 1. The van der Waals surface area contributed by atoms with Crippen LogP contribution in [-0.2, 0) is 16.6 Å². The Balaban J connectivity index is 1.72. The molecule has 0 unspecified atom stereocenters. The van der Waals surface area contributed by atoms with Crippen LogP contribution in [0.3, 0.4) is 0 Å². The minimum Gasteiger partial charge on any atom is -0.497 e. The Morgan fingerprint density at radius 1 is 1.15 bits per heavy atom. The van der Waals surface area contributed by atoms with Crippen molar-refractivity contribution in [1.82, 2.24) is 5.32 Å². The van der Waals surface area contributed by atoms with Crippen molar-refractivity contribution in [3.05, 3.63) is 59.7 Å². The summed E-state index contributed by atoms with van der Waals surface area (Å²) in [7, 11) is -1.70. The average molecular weight is 374 g/mol. The van der Waals surface area contributed by atoms with E-state index >= 15 is 0 Å². The van der Waals surface area contributed by atoms with E-state index in [-0.39, 0.29) is 11.7 Å². The summed E-state index contributed by atoms with van der Waals surface area (Å²) in [5.41, 5.74) is 1.90. The zero-order chi connectivity index (χ0) is 18.6. The van der Waals surface area contributed by atoms with E-state index in [1.54, 1.807) is 31.4 Å². The van der Waals surface area contributed by atoms with Gasteiger partial charge >= 0.3 is 0 Å². The molecule has 1 fully saturated rings. The highest BCUT2D eigenvalue weighted by Crippen LogP contribution is 2.24. The van der Waals surface area contributed by atoms with E-state index in [1.165, 1.54) is 4.31 Å². The van der Waals surface area contributed by atoms with Crippen LogP contribution in [0, 0.1) is 0 Å². The zero-order valence-corrected chi connectivity index (χ0v) is 15.5. The van der Waals surface area contributed by atoms with Gasteiger partial charge < -0.3 is 10.1 Å². The molecule has 0 saturated carbocycles. The Morgan fingerprint density at radius 2 is 1.96 bits per heavy atom. The summed E-state index contributed by atoms with van der Waals surface area (Å²) < 4.78 is 31.1. The van der Waals surface area contributed by atoms with Gasteiger partial charge in [0.2, 0.25) is 10.0 Å². The minimum absolute atomic E-state index is 0.152. The van der Waals surface area contributed by atoms with Gasteiger partial charge in [0.25, 0.3) is 5.91 Å². The molecule has 1 aliphatic rings. The van der Waals surface area contributed by atoms with Crippen LogP contribution >= 0.6 is 0 Å². The first kappa shape index (κ1) is 18.3. The van der Waals surface area contributed by atoms with Crippen molar-refractivity contribution in [2.45, 2.75) is 19.4 Å². The van der Waals surface area contributed by atoms with Gasteiger partial charge in [-0.05, 0) is 48.7 Å². The quantitative estimate of drug-likeness (QED) is 0.873. The Hall–Kier alpha value is -2.54. The third kappa shape index (κ3) is 4.16. The number of rotatable bonds is 5. The number of carbonyl (C=O) groups is 1. The molecule has 0 aromatic heterocycles. The SMILES string of the molecule is COc1cccc(CNC(=O)c2cccc(N3CCCCS3(=O)=O)c2)c1. The maximum atomic E-state index is 12.5. The number of nitrogens with zero attached hydrogens (tertiary/aromatic N) is 1. The highest BCUT2D eigenvalue weighted by atomic mass is 32.2. The van der Waals surface area contributed by atoms with E-state index in [1.807, 2.05) is 24.3 Å². The second-order valence-electron chi connectivity index (χ2n) is 6.18. The van der Waals surface area contributed by atoms with Crippen molar-refractivity contribution in [1.29, 1.82) is 0 Å². The monoisotopic (exact) mass is 374 g/mol. The summed E-state index contributed by atoms with van der Waals surface area (Å²) in [5, 5.41) is 2.85. The van der Waals surface area contributed by atoms with Crippen LogP contribution in [0.15, 0.2) is 48.5 Å². The van der Waals surface area contributed by atoms with Gasteiger partial charge in [-0.15, -0.1) is 0 Å². The molecular formula is C19H22N2O4S. The molecule has 26 heavy (non-hydrogen) atoms. The summed E-state index contributed by atoms with van der Waals surface area (Å²) in [6, 6.07) is 14.2. The molecule has 7 heteroatoms. The number of benzene rings is 2. The molecule has 2 aromatic carbocycles. The molecule has 0 atom stereocenters. The van der Waals surface area contributed by atoms with Crippen LogP contribution in [0.4, 0.5) is 5.69 Å². The molecule has 1 N–H and O–H groups in total. The van der Waals surface area contributed by atoms with Gasteiger partial charge in [0.05, 0.1) is 18.6 Å². The van der Waals surface area contributed by atoms with Crippen molar-refractivity contribution in [2.75, 3.05) is 23.7 Å². The lowest BCUT2D eigenvalue weighted by Gasteiger charge is -2.28. The molecule has 138 valence electrons. The number of hydrogen-bond donors (Lipinski definition) is 1. The van der Waals surface area contributed by atoms with E-state index in [0.29, 0.717) is 30.8 Å². The summed E-state index contributed by atoms with van der Waals surface area (Å²) in [6.45, 7) is 0.819. The number of carbonyl (C=O) groups excluding carboxylic acids is 1. The number of anilines is 1. The van der Waals surface area contributed by atoms with Crippen molar-refractivity contribution in [3.8, 4) is 5.75 Å². The summed E-state index contributed by atoms with van der Waals surface area (Å²) in [5.74, 6) is 0.636. The summed E-state index contributed by atoms with van der Waals surface area (Å²) in [4.78, 5) is 12.5. The van der Waals surface area contributed by atoms with Crippen molar-refractivity contribution < 1.29 is 17.9 Å². The van der Waals surface area contributed by atoms with Crippen LogP contribution in [0.1, 0.15) is 28.8 Å². The molecule has 0 aliphatic carbocycles. The highest BCUT2D eigenvalue weighted by Gasteiger charge is 2.26. The normalized spacial score (nSPS) is 16.1. The van der Waals surface area contributed by atoms with Crippen LogP contribution < -0.4 is 14.4 Å². The smallest absolute Gasteiger partial charge is 0.251 e. The van der Waals surface area contributed by atoms with Crippen molar-refractivity contribution >= 4 is 21.6 Å². The Bertz CT molecular complexity index is 896. The van der Waals surface area contributed by atoms with Crippen LogP contribution in [0.2, 0.25) is 0 Å². The fraction of sp³-hybridized carbons (Fsp3) is 0.316. The van der Waals surface area contributed by atoms with Gasteiger partial charge in [-0.3, -0.25) is 9.10 Å². The lowest BCUT2D eigenvalue weighted by Crippen LogP contribution is -2.38. The molecule has 0 bridgehead atoms. The molecule has 3 rings (SSSR count). The minimum atomic E-state index is -3.29. The van der Waals surface area contributed by atoms with Gasteiger partial charge in [-0.2, -0.15) is 0 Å². The van der Waals surface area contributed by atoms with E-state index in [2.05, 4.69) is 5.32 Å². The third-order valence-corrected chi connectivity index (χ3v) is 6.20. The molecule has 0 spiro atoms. The van der Waals surface area contributed by atoms with Gasteiger partial charge in [-0.25, -0.2) is 8.42 Å². The van der Waals surface area contributed by atoms with Gasteiger partial charge in [0.15, 0.2) is 0 Å². The van der Waals surface area contributed by atoms with E-state index in [4.69, 9.17) is 4.74 Å². The molecule has 1 heterocycles. The van der Waals surface area contributed by atoms with E-state index in [9.17, 15) is 13.2 Å². The van der Waals surface area contributed by atoms with Gasteiger partial charge in [0.1, 0.15) is 5.75 Å². The first-order chi connectivity index (χ1) is 12.5. The number of methoxy groups -OCH3 is 1. The Kier molecular flexibility index (Phi) is 5.46. The van der Waals surface area contributed by atoms with E-state index in [0.717, 1.165) is 17.7 Å². The topological polar surface area (TPSA) is 75.7 Å². The highest BCUT2D eigenvalue weighted by molar-refractivity contribution is 7.92. The maximum absolute atomic E-state index is 12.5. The molecular weight excluding hydrogens is 352 g/mol. The van der Waals surface area contributed by atoms with Crippen molar-refractivity contribution in [2.24, 2.45) is 0 Å². The Morgan fingerprint density at radius 3 is 2.73 bits per heavy atom. The predicted molar refractivity (Wildman–Crippen MR) is 101 cm³/mol. The molecule has 2 aromatic rings. The lowest BCUT2D eigenvalue weighted by molar-refractivity contribution is 0.0951. The molecule has 1 saturated heterocycles. The lowest BCUT2D eigenvalue weighted by atomic mass is 10.1. The van der Waals surface area contributed by atoms with Gasteiger partial charge in [0, 0.05) is 18.7 Å². The third-order valence-electron chi connectivity index (χ3n) is 4.33. The Labute approximate surface area is 153 Å². The first-order valence-electron chi connectivity index (χ1n) is 8.51. The summed E-state index contributed by atoms with van der Waals surface area (Å²) in [6.07, 6.45) is 1.51. The van der Waals surface area contributed by atoms with Crippen LogP contribution in [0.25, 0.3) is 0 Å². The average Bonchev–Trinajstić information content (AvgIpc) is 2.66. The predicted octanol–water partition coefficient (Wildman–Crippen LogP) is 2.56. The number of ether oxygens (including phenoxy) is 1. The number of amides is 1. The molecule has 1 aliphatic heterocycles. The number of hydrogen-bond acceptors (Lipinski definition) is 4. The largest absolute Gasteiger partial charge is 0.497 e. The van der Waals surface area contributed by atoms with E-state index < -0.39 is 10.0 Å². The van der Waals surface area contributed by atoms with Crippen LogP contribution in [0.5, 0.6) is 5.75 Å². The zero-order valence-electron chi connectivity index (χ0n) is 14.6. The molecule has 1 amide bonds. The second-order valence-corrected chi connectivity index (χ2v) is 8.19. The fourth-order valence-corrected chi connectivity index (χ4v) is 4.58. The van der Waals surface area contributed by atoms with Crippen molar-refractivity contribution in [3.63, 3.8) is 0 Å². The summed E-state index contributed by atoms with van der Waals surface area (Å²) >= 11 is 0. The standard InChI is InChI=1S/C19H22N2O4S/c1-25-18-9-4-6-15(12-18)14-20-19(22)16-7-5-8-17(13-16)21-10-2-3-11-26(21,23)24/h4-9,12-13H,2-3,10-11,14H2,1H3,(H,20,22). The molecule has 0 radical (unpaired) electrons. The molecule has 6 nitrogen and oxygen atoms in total. The first-order valence-corrected chi connectivity index (χ1v) is 10.1.